The molecule has 0 saturated carbocycles. The average molecular weight is 286 g/mol. The predicted octanol–water partition coefficient (Wildman–Crippen LogP) is 2.56. The van der Waals surface area contributed by atoms with Crippen molar-refractivity contribution in [2.75, 3.05) is 19.6 Å². The van der Waals surface area contributed by atoms with Gasteiger partial charge in [0.2, 0.25) is 5.91 Å². The van der Waals surface area contributed by atoms with Crippen LogP contribution in [0.5, 0.6) is 0 Å². The fourth-order valence-electron chi connectivity index (χ4n) is 2.53. The van der Waals surface area contributed by atoms with Crippen molar-refractivity contribution in [3.8, 4) is 0 Å². The minimum absolute atomic E-state index is 0.0891. The van der Waals surface area contributed by atoms with Crippen LogP contribution in [-0.2, 0) is 16.6 Å². The van der Waals surface area contributed by atoms with Crippen molar-refractivity contribution in [2.24, 2.45) is 0 Å². The number of carbonyl (C=O) groups is 1. The second-order valence-electron chi connectivity index (χ2n) is 6.17. The summed E-state index contributed by atoms with van der Waals surface area (Å²) in [4.78, 5) is 12.5. The molecule has 1 aromatic rings. The lowest BCUT2D eigenvalue weighted by Crippen LogP contribution is -2.41. The Balaban J connectivity index is 1.99. The molecule has 0 spiro atoms. The number of carbonyl (C=O) groups excluding carboxylic acids is 1. The van der Waals surface area contributed by atoms with Crippen molar-refractivity contribution in [3.05, 3.63) is 47.0 Å². The summed E-state index contributed by atoms with van der Waals surface area (Å²) in [7, 11) is 0. The van der Waals surface area contributed by atoms with Crippen molar-refractivity contribution in [2.45, 2.75) is 39.0 Å². The number of amides is 1. The smallest absolute Gasteiger partial charge is 0.230 e. The van der Waals surface area contributed by atoms with Crippen LogP contribution >= 0.6 is 0 Å². The Labute approximate surface area is 127 Å². The second-order valence-corrected chi connectivity index (χ2v) is 6.17. The van der Waals surface area contributed by atoms with Crippen molar-refractivity contribution >= 4 is 5.91 Å². The van der Waals surface area contributed by atoms with Gasteiger partial charge in [-0.2, -0.15) is 0 Å². The lowest BCUT2D eigenvalue weighted by molar-refractivity contribution is -0.125. The second kappa shape index (κ2) is 6.90. The van der Waals surface area contributed by atoms with Gasteiger partial charge in [0.15, 0.2) is 0 Å². The Morgan fingerprint density at radius 1 is 1.29 bits per heavy atom. The fourth-order valence-corrected chi connectivity index (χ4v) is 2.53. The number of hydrogen-bond acceptors (Lipinski definition) is 2. The predicted molar refractivity (Wildman–Crippen MR) is 87.4 cm³/mol. The number of nitrogens with one attached hydrogen (secondary N) is 2. The summed E-state index contributed by atoms with van der Waals surface area (Å²) < 4.78 is 0. The van der Waals surface area contributed by atoms with Gasteiger partial charge in [-0.25, -0.2) is 0 Å². The summed E-state index contributed by atoms with van der Waals surface area (Å²) in [6.07, 6.45) is 4.22. The van der Waals surface area contributed by atoms with Crippen LogP contribution in [-0.4, -0.2) is 25.5 Å². The van der Waals surface area contributed by atoms with Crippen LogP contribution in [0.1, 0.15) is 38.3 Å². The van der Waals surface area contributed by atoms with Crippen LogP contribution in [0.3, 0.4) is 0 Å². The van der Waals surface area contributed by atoms with E-state index in [0.29, 0.717) is 6.54 Å². The maximum atomic E-state index is 12.5. The molecule has 1 aliphatic rings. The highest BCUT2D eigenvalue weighted by molar-refractivity contribution is 5.87. The third-order valence-corrected chi connectivity index (χ3v) is 4.29. The molecule has 2 rings (SSSR count). The van der Waals surface area contributed by atoms with E-state index in [1.807, 2.05) is 13.8 Å². The molecule has 0 unspecified atom stereocenters. The Bertz CT molecular complexity index is 515. The third kappa shape index (κ3) is 3.94. The zero-order chi connectivity index (χ0) is 15.3. The molecule has 3 heteroatoms. The third-order valence-electron chi connectivity index (χ3n) is 4.29. The molecular weight excluding hydrogens is 260 g/mol. The highest BCUT2D eigenvalue weighted by Gasteiger charge is 2.29. The molecule has 0 bridgehead atoms. The fraction of sp³-hybridized carbons (Fsp3) is 0.500. The highest BCUT2D eigenvalue weighted by Crippen LogP contribution is 2.24. The van der Waals surface area contributed by atoms with E-state index < -0.39 is 5.41 Å². The van der Waals surface area contributed by atoms with Gasteiger partial charge < -0.3 is 10.6 Å². The first-order valence-electron chi connectivity index (χ1n) is 7.80. The van der Waals surface area contributed by atoms with Gasteiger partial charge in [0.05, 0.1) is 5.41 Å². The molecule has 0 radical (unpaired) electrons. The first-order chi connectivity index (χ1) is 10.0. The number of aryl methyl sites for hydroxylation is 1. The quantitative estimate of drug-likeness (QED) is 0.817. The van der Waals surface area contributed by atoms with Crippen molar-refractivity contribution in [1.82, 2.24) is 10.6 Å². The molecule has 1 aromatic carbocycles. The average Bonchev–Trinajstić information content (AvgIpc) is 2.53. The minimum atomic E-state index is -0.500. The zero-order valence-electron chi connectivity index (χ0n) is 13.3. The van der Waals surface area contributed by atoms with E-state index in [0.717, 1.165) is 31.5 Å². The summed E-state index contributed by atoms with van der Waals surface area (Å²) in [5.41, 5.74) is 3.19. The van der Waals surface area contributed by atoms with Crippen LogP contribution in [0.2, 0.25) is 0 Å². The van der Waals surface area contributed by atoms with Crippen molar-refractivity contribution < 1.29 is 4.79 Å². The molecule has 0 atom stereocenters. The van der Waals surface area contributed by atoms with E-state index in [4.69, 9.17) is 0 Å². The SMILES string of the molecule is CCc1ccc(C(C)(C)C(=O)NCC2=CCNCC2)cc1. The lowest BCUT2D eigenvalue weighted by Gasteiger charge is -2.25. The molecule has 0 aliphatic carbocycles. The van der Waals surface area contributed by atoms with Gasteiger partial charge in [-0.15, -0.1) is 0 Å². The van der Waals surface area contributed by atoms with Gasteiger partial charge in [0.1, 0.15) is 0 Å². The molecule has 2 N–H and O–H groups in total. The molecule has 114 valence electrons. The molecule has 21 heavy (non-hydrogen) atoms. The Morgan fingerprint density at radius 3 is 2.57 bits per heavy atom. The Hall–Kier alpha value is -1.61. The van der Waals surface area contributed by atoms with E-state index in [1.54, 1.807) is 0 Å². The largest absolute Gasteiger partial charge is 0.352 e. The van der Waals surface area contributed by atoms with Gasteiger partial charge >= 0.3 is 0 Å². The van der Waals surface area contributed by atoms with Crippen molar-refractivity contribution in [3.63, 3.8) is 0 Å². The van der Waals surface area contributed by atoms with Crippen LogP contribution in [0.4, 0.5) is 0 Å². The van der Waals surface area contributed by atoms with Gasteiger partial charge in [-0.05, 0) is 44.4 Å². The summed E-state index contributed by atoms with van der Waals surface area (Å²) in [5, 5.41) is 6.36. The molecule has 1 amide bonds. The number of rotatable bonds is 5. The van der Waals surface area contributed by atoms with E-state index in [-0.39, 0.29) is 5.91 Å². The molecular formula is C18H26N2O. The van der Waals surface area contributed by atoms with Gasteiger partial charge in [0, 0.05) is 13.1 Å². The molecule has 0 saturated heterocycles. The summed E-state index contributed by atoms with van der Waals surface area (Å²) in [6.45, 7) is 8.69. The molecule has 0 fully saturated rings. The first kappa shape index (κ1) is 15.8. The molecule has 3 nitrogen and oxygen atoms in total. The monoisotopic (exact) mass is 286 g/mol. The van der Waals surface area contributed by atoms with Crippen LogP contribution < -0.4 is 10.6 Å². The van der Waals surface area contributed by atoms with Gasteiger partial charge in [0.25, 0.3) is 0 Å². The first-order valence-corrected chi connectivity index (χ1v) is 7.80. The zero-order valence-corrected chi connectivity index (χ0v) is 13.3. The summed E-state index contributed by atoms with van der Waals surface area (Å²) >= 11 is 0. The lowest BCUT2D eigenvalue weighted by atomic mass is 9.83. The molecule has 1 heterocycles. The maximum Gasteiger partial charge on any atom is 0.230 e. The molecule has 0 aromatic heterocycles. The highest BCUT2D eigenvalue weighted by atomic mass is 16.2. The van der Waals surface area contributed by atoms with Crippen LogP contribution in [0.15, 0.2) is 35.9 Å². The van der Waals surface area contributed by atoms with Crippen LogP contribution in [0.25, 0.3) is 0 Å². The van der Waals surface area contributed by atoms with E-state index in [9.17, 15) is 4.79 Å². The van der Waals surface area contributed by atoms with E-state index in [2.05, 4.69) is 47.9 Å². The normalized spacial score (nSPS) is 15.5. The minimum Gasteiger partial charge on any atom is -0.352 e. The number of hydrogen-bond donors (Lipinski definition) is 2. The Morgan fingerprint density at radius 2 is 2.00 bits per heavy atom. The van der Waals surface area contributed by atoms with Crippen LogP contribution in [0, 0.1) is 0 Å². The van der Waals surface area contributed by atoms with E-state index in [1.165, 1.54) is 11.1 Å². The topological polar surface area (TPSA) is 41.1 Å². The van der Waals surface area contributed by atoms with E-state index >= 15 is 0 Å². The molecule has 1 aliphatic heterocycles. The number of benzene rings is 1. The maximum absolute atomic E-state index is 12.5. The standard InChI is InChI=1S/C18H26N2O/c1-4-14-5-7-16(8-6-14)18(2,3)17(21)20-13-15-9-11-19-12-10-15/h5-9,19H,4,10-13H2,1-3H3,(H,20,21). The summed E-state index contributed by atoms with van der Waals surface area (Å²) in [5.74, 6) is 0.0891. The van der Waals surface area contributed by atoms with Gasteiger partial charge in [-0.3, -0.25) is 4.79 Å². The summed E-state index contributed by atoms with van der Waals surface area (Å²) in [6, 6.07) is 8.36. The van der Waals surface area contributed by atoms with Gasteiger partial charge in [-0.1, -0.05) is 42.8 Å². The van der Waals surface area contributed by atoms with Crippen molar-refractivity contribution in [1.29, 1.82) is 0 Å². The Kier molecular flexibility index (Phi) is 5.18.